The van der Waals surface area contributed by atoms with Crippen LogP contribution in [0.5, 0.6) is 0 Å². The SMILES string of the molecule is C[CH]C12CCC(CC1)O2. The smallest absolute Gasteiger partial charge is 0.0717 e. The number of fused-ring (bicyclic) bond motifs is 2. The Morgan fingerprint density at radius 3 is 2.33 bits per heavy atom. The van der Waals surface area contributed by atoms with Crippen molar-refractivity contribution in [2.45, 2.75) is 44.3 Å². The lowest BCUT2D eigenvalue weighted by Gasteiger charge is -2.21. The second-order valence-corrected chi connectivity index (χ2v) is 3.17. The summed E-state index contributed by atoms with van der Waals surface area (Å²) in [5.74, 6) is 0. The first-order chi connectivity index (χ1) is 4.35. The first-order valence-electron chi connectivity index (χ1n) is 3.83. The molecule has 1 heteroatoms. The van der Waals surface area contributed by atoms with Gasteiger partial charge < -0.3 is 4.74 Å². The summed E-state index contributed by atoms with van der Waals surface area (Å²) < 4.78 is 5.75. The topological polar surface area (TPSA) is 9.23 Å². The minimum atomic E-state index is 0.227. The Bertz CT molecular complexity index is 112. The predicted octanol–water partition coefficient (Wildman–Crippen LogP) is 1.92. The largest absolute Gasteiger partial charge is 0.371 e. The highest BCUT2D eigenvalue weighted by Crippen LogP contribution is 2.44. The Labute approximate surface area is 56.4 Å². The van der Waals surface area contributed by atoms with Crippen molar-refractivity contribution < 1.29 is 4.74 Å². The number of hydrogen-bond acceptors (Lipinski definition) is 1. The Morgan fingerprint density at radius 2 is 2.11 bits per heavy atom. The molecule has 0 unspecified atom stereocenters. The van der Waals surface area contributed by atoms with Crippen LogP contribution < -0.4 is 0 Å². The Morgan fingerprint density at radius 1 is 1.44 bits per heavy atom. The zero-order valence-corrected chi connectivity index (χ0v) is 5.89. The highest BCUT2D eigenvalue weighted by molar-refractivity contribution is 5.02. The van der Waals surface area contributed by atoms with Gasteiger partial charge in [-0.05, 0) is 32.1 Å². The van der Waals surface area contributed by atoms with E-state index in [0.29, 0.717) is 6.10 Å². The van der Waals surface area contributed by atoms with Gasteiger partial charge in [-0.1, -0.05) is 6.92 Å². The third kappa shape index (κ3) is 0.710. The van der Waals surface area contributed by atoms with Crippen molar-refractivity contribution in [1.82, 2.24) is 0 Å². The molecule has 1 nitrogen and oxygen atoms in total. The van der Waals surface area contributed by atoms with E-state index >= 15 is 0 Å². The average molecular weight is 125 g/mol. The summed E-state index contributed by atoms with van der Waals surface area (Å²) >= 11 is 0. The predicted molar refractivity (Wildman–Crippen MR) is 36.0 cm³/mol. The van der Waals surface area contributed by atoms with Crippen molar-refractivity contribution in [3.05, 3.63) is 6.42 Å². The van der Waals surface area contributed by atoms with E-state index in [2.05, 4.69) is 13.3 Å². The molecule has 0 aromatic carbocycles. The summed E-state index contributed by atoms with van der Waals surface area (Å²) in [4.78, 5) is 0. The summed E-state index contributed by atoms with van der Waals surface area (Å²) in [6.45, 7) is 2.12. The lowest BCUT2D eigenvalue weighted by atomic mass is 9.87. The quantitative estimate of drug-likeness (QED) is 0.520. The third-order valence-corrected chi connectivity index (χ3v) is 2.71. The number of hydrogen-bond donors (Lipinski definition) is 0. The van der Waals surface area contributed by atoms with Crippen LogP contribution >= 0.6 is 0 Å². The van der Waals surface area contributed by atoms with Gasteiger partial charge in [0.1, 0.15) is 0 Å². The van der Waals surface area contributed by atoms with Crippen LogP contribution in [0.15, 0.2) is 0 Å². The normalized spacial score (nSPS) is 48.3. The van der Waals surface area contributed by atoms with E-state index in [-0.39, 0.29) is 5.60 Å². The van der Waals surface area contributed by atoms with Crippen molar-refractivity contribution in [3.63, 3.8) is 0 Å². The van der Waals surface area contributed by atoms with E-state index in [1.807, 2.05) is 0 Å². The van der Waals surface area contributed by atoms with Gasteiger partial charge in [-0.15, -0.1) is 0 Å². The highest BCUT2D eigenvalue weighted by Gasteiger charge is 2.44. The van der Waals surface area contributed by atoms with Crippen LogP contribution in [-0.4, -0.2) is 11.7 Å². The second kappa shape index (κ2) is 1.72. The first-order valence-corrected chi connectivity index (χ1v) is 3.83. The van der Waals surface area contributed by atoms with Crippen LogP contribution in [0, 0.1) is 6.42 Å². The lowest BCUT2D eigenvalue weighted by molar-refractivity contribution is 0.0388. The molecule has 0 aromatic heterocycles. The van der Waals surface area contributed by atoms with Crippen LogP contribution in [-0.2, 0) is 4.74 Å². The monoisotopic (exact) mass is 125 g/mol. The number of ether oxygens (including phenoxy) is 1. The van der Waals surface area contributed by atoms with E-state index in [4.69, 9.17) is 4.74 Å². The zero-order valence-electron chi connectivity index (χ0n) is 5.89. The minimum absolute atomic E-state index is 0.227. The summed E-state index contributed by atoms with van der Waals surface area (Å²) in [6, 6.07) is 0. The summed E-state index contributed by atoms with van der Waals surface area (Å²) in [5.41, 5.74) is 0.227. The fourth-order valence-electron chi connectivity index (χ4n) is 2.00. The van der Waals surface area contributed by atoms with E-state index in [9.17, 15) is 0 Å². The van der Waals surface area contributed by atoms with Gasteiger partial charge >= 0.3 is 0 Å². The maximum absolute atomic E-state index is 5.75. The van der Waals surface area contributed by atoms with Gasteiger partial charge in [-0.3, -0.25) is 0 Å². The van der Waals surface area contributed by atoms with Crippen LogP contribution in [0.2, 0.25) is 0 Å². The molecular weight excluding hydrogens is 112 g/mol. The van der Waals surface area contributed by atoms with E-state index in [1.165, 1.54) is 25.7 Å². The molecule has 2 aliphatic rings. The van der Waals surface area contributed by atoms with Crippen molar-refractivity contribution in [1.29, 1.82) is 0 Å². The maximum Gasteiger partial charge on any atom is 0.0717 e. The Balaban J connectivity index is 2.13. The van der Waals surface area contributed by atoms with Crippen molar-refractivity contribution in [3.8, 4) is 0 Å². The molecule has 0 atom stereocenters. The number of rotatable bonds is 1. The molecule has 2 heterocycles. The molecule has 2 saturated heterocycles. The van der Waals surface area contributed by atoms with Gasteiger partial charge in [-0.2, -0.15) is 0 Å². The average Bonchev–Trinajstić information content (AvgIpc) is 2.46. The molecule has 2 rings (SSSR count). The van der Waals surface area contributed by atoms with Gasteiger partial charge in [0, 0.05) is 0 Å². The van der Waals surface area contributed by atoms with Crippen molar-refractivity contribution in [2.75, 3.05) is 0 Å². The zero-order chi connectivity index (χ0) is 6.32. The van der Waals surface area contributed by atoms with Gasteiger partial charge in [0.15, 0.2) is 0 Å². The van der Waals surface area contributed by atoms with Crippen molar-refractivity contribution >= 4 is 0 Å². The van der Waals surface area contributed by atoms with Gasteiger partial charge in [0.2, 0.25) is 0 Å². The van der Waals surface area contributed by atoms with Gasteiger partial charge in [-0.25, -0.2) is 0 Å². The van der Waals surface area contributed by atoms with E-state index in [0.717, 1.165) is 0 Å². The van der Waals surface area contributed by atoms with E-state index in [1.54, 1.807) is 0 Å². The van der Waals surface area contributed by atoms with Gasteiger partial charge in [0.05, 0.1) is 11.7 Å². The van der Waals surface area contributed by atoms with Crippen LogP contribution in [0.4, 0.5) is 0 Å². The molecule has 2 fully saturated rings. The molecule has 2 bridgehead atoms. The molecule has 51 valence electrons. The second-order valence-electron chi connectivity index (χ2n) is 3.17. The molecule has 0 N–H and O–H groups in total. The molecule has 2 aliphatic heterocycles. The third-order valence-electron chi connectivity index (χ3n) is 2.71. The molecule has 1 radical (unpaired) electrons. The Hall–Kier alpha value is -0.0400. The molecule has 0 spiro atoms. The molecular formula is C8H13O. The summed E-state index contributed by atoms with van der Waals surface area (Å²) in [6.07, 6.45) is 7.98. The standard InChI is InChI=1S/C8H13O/c1-2-8-5-3-7(9-8)4-6-8/h2,7H,3-6H2,1H3. The molecule has 0 saturated carbocycles. The van der Waals surface area contributed by atoms with Crippen LogP contribution in [0.3, 0.4) is 0 Å². The first kappa shape index (κ1) is 5.72. The maximum atomic E-state index is 5.75. The molecule has 0 aromatic rings. The van der Waals surface area contributed by atoms with E-state index < -0.39 is 0 Å². The highest BCUT2D eigenvalue weighted by atomic mass is 16.5. The van der Waals surface area contributed by atoms with Crippen LogP contribution in [0.1, 0.15) is 32.6 Å². The Kier molecular flexibility index (Phi) is 1.10. The van der Waals surface area contributed by atoms with Crippen molar-refractivity contribution in [2.24, 2.45) is 0 Å². The molecule has 0 amide bonds. The molecule has 9 heavy (non-hydrogen) atoms. The molecule has 0 aliphatic carbocycles. The van der Waals surface area contributed by atoms with Gasteiger partial charge in [0.25, 0.3) is 0 Å². The fourth-order valence-corrected chi connectivity index (χ4v) is 2.00. The van der Waals surface area contributed by atoms with Crippen LogP contribution in [0.25, 0.3) is 0 Å². The minimum Gasteiger partial charge on any atom is -0.371 e. The summed E-state index contributed by atoms with van der Waals surface area (Å²) in [7, 11) is 0. The fraction of sp³-hybridized carbons (Fsp3) is 0.875. The lowest BCUT2D eigenvalue weighted by Crippen LogP contribution is -2.23. The summed E-state index contributed by atoms with van der Waals surface area (Å²) in [5, 5.41) is 0.